The van der Waals surface area contributed by atoms with E-state index in [1.165, 1.54) is 0 Å². The van der Waals surface area contributed by atoms with Gasteiger partial charge in [0.05, 0.1) is 11.4 Å². The summed E-state index contributed by atoms with van der Waals surface area (Å²) in [7, 11) is 0. The highest BCUT2D eigenvalue weighted by atomic mass is 35.5. The van der Waals surface area contributed by atoms with Gasteiger partial charge in [-0.05, 0) is 24.3 Å². The highest BCUT2D eigenvalue weighted by Gasteiger charge is 2.18. The van der Waals surface area contributed by atoms with Crippen LogP contribution in [-0.4, -0.2) is 16.3 Å². The van der Waals surface area contributed by atoms with E-state index in [4.69, 9.17) is 17.3 Å². The van der Waals surface area contributed by atoms with Gasteiger partial charge in [-0.25, -0.2) is 4.68 Å². The third-order valence-electron chi connectivity index (χ3n) is 3.02. The van der Waals surface area contributed by atoms with Crippen molar-refractivity contribution in [1.82, 2.24) is 15.1 Å². The molecule has 0 atom stereocenters. The van der Waals surface area contributed by atoms with E-state index in [1.54, 1.807) is 4.68 Å². The Kier molecular flexibility index (Phi) is 2.53. The number of nitrogens with zero attached hydrogens (tertiary/aromatic N) is 2. The normalized spacial score (nSPS) is 14.6. The van der Waals surface area contributed by atoms with Crippen LogP contribution in [0.2, 0.25) is 5.02 Å². The zero-order chi connectivity index (χ0) is 11.8. The van der Waals surface area contributed by atoms with Gasteiger partial charge < -0.3 is 11.1 Å². The number of halogens is 1. The lowest BCUT2D eigenvalue weighted by Crippen LogP contribution is -2.23. The molecule has 0 radical (unpaired) electrons. The molecule has 88 valence electrons. The maximum absolute atomic E-state index is 6.12. The number of nitrogens with two attached hydrogens (primary N) is 1. The molecule has 3 rings (SSSR count). The number of benzene rings is 1. The topological polar surface area (TPSA) is 55.9 Å². The van der Waals surface area contributed by atoms with Crippen molar-refractivity contribution in [2.75, 3.05) is 12.3 Å². The lowest BCUT2D eigenvalue weighted by molar-refractivity contribution is 0.636. The molecule has 0 spiro atoms. The van der Waals surface area contributed by atoms with Crippen molar-refractivity contribution in [2.24, 2.45) is 0 Å². The van der Waals surface area contributed by atoms with E-state index in [9.17, 15) is 0 Å². The van der Waals surface area contributed by atoms with Gasteiger partial charge in [-0.3, -0.25) is 0 Å². The van der Waals surface area contributed by atoms with E-state index in [0.717, 1.165) is 42.3 Å². The van der Waals surface area contributed by atoms with Crippen molar-refractivity contribution < 1.29 is 0 Å². The van der Waals surface area contributed by atoms with Crippen LogP contribution in [-0.2, 0) is 13.0 Å². The molecule has 0 amide bonds. The highest BCUT2D eigenvalue weighted by molar-refractivity contribution is 6.30. The average Bonchev–Trinajstić information content (AvgIpc) is 2.69. The first-order chi connectivity index (χ1) is 8.25. The molecule has 1 aromatic carbocycles. The number of hydrogen-bond donors (Lipinski definition) is 2. The van der Waals surface area contributed by atoms with Gasteiger partial charge in [0.1, 0.15) is 5.82 Å². The molecule has 0 unspecified atom stereocenters. The fourth-order valence-electron chi connectivity index (χ4n) is 2.10. The maximum Gasteiger partial charge on any atom is 0.132 e. The number of aromatic nitrogens is 2. The van der Waals surface area contributed by atoms with Crippen molar-refractivity contribution in [3.05, 3.63) is 40.5 Å². The van der Waals surface area contributed by atoms with Gasteiger partial charge in [0.15, 0.2) is 0 Å². The minimum atomic E-state index is 0.714. The van der Waals surface area contributed by atoms with Crippen molar-refractivity contribution >= 4 is 17.4 Å². The van der Waals surface area contributed by atoms with Crippen LogP contribution in [0.25, 0.3) is 5.69 Å². The third kappa shape index (κ3) is 1.79. The zero-order valence-electron chi connectivity index (χ0n) is 9.28. The molecule has 2 heterocycles. The molecule has 4 nitrogen and oxygen atoms in total. The first-order valence-corrected chi connectivity index (χ1v) is 5.96. The van der Waals surface area contributed by atoms with Crippen LogP contribution >= 0.6 is 11.6 Å². The molecular weight excluding hydrogens is 236 g/mol. The Morgan fingerprint density at radius 3 is 2.76 bits per heavy atom. The third-order valence-corrected chi connectivity index (χ3v) is 3.27. The number of fused-ring (bicyclic) bond motifs is 1. The molecule has 5 heteroatoms. The Labute approximate surface area is 104 Å². The summed E-state index contributed by atoms with van der Waals surface area (Å²) < 4.78 is 1.79. The number of rotatable bonds is 1. The van der Waals surface area contributed by atoms with E-state index >= 15 is 0 Å². The first-order valence-electron chi connectivity index (χ1n) is 5.58. The molecule has 1 aliphatic heterocycles. The van der Waals surface area contributed by atoms with E-state index in [-0.39, 0.29) is 0 Å². The summed E-state index contributed by atoms with van der Waals surface area (Å²) in [6.07, 6.45) is 0.931. The highest BCUT2D eigenvalue weighted by Crippen LogP contribution is 2.24. The number of hydrogen-bond acceptors (Lipinski definition) is 3. The minimum absolute atomic E-state index is 0.714. The lowest BCUT2D eigenvalue weighted by Gasteiger charge is -2.10. The predicted molar refractivity (Wildman–Crippen MR) is 68.4 cm³/mol. The predicted octanol–water partition coefficient (Wildman–Crippen LogP) is 1.75. The molecule has 1 aromatic heterocycles. The Bertz CT molecular complexity index is 544. The van der Waals surface area contributed by atoms with Gasteiger partial charge in [0.25, 0.3) is 0 Å². The lowest BCUT2D eigenvalue weighted by atomic mass is 10.1. The van der Waals surface area contributed by atoms with Crippen LogP contribution in [0.4, 0.5) is 5.82 Å². The summed E-state index contributed by atoms with van der Waals surface area (Å²) in [5.74, 6) is 0.717. The smallest absolute Gasteiger partial charge is 0.132 e. The number of nitrogens with one attached hydrogen (secondary N) is 1. The van der Waals surface area contributed by atoms with Crippen LogP contribution in [0.1, 0.15) is 11.3 Å². The summed E-state index contributed by atoms with van der Waals surface area (Å²) >= 11 is 5.87. The molecule has 0 fully saturated rings. The van der Waals surface area contributed by atoms with Gasteiger partial charge in [-0.15, -0.1) is 0 Å². The molecular formula is C12H13ClN4. The van der Waals surface area contributed by atoms with Crippen molar-refractivity contribution in [2.45, 2.75) is 13.0 Å². The quantitative estimate of drug-likeness (QED) is 0.809. The molecule has 1 aliphatic rings. The van der Waals surface area contributed by atoms with Crippen molar-refractivity contribution in [1.29, 1.82) is 0 Å². The summed E-state index contributed by atoms with van der Waals surface area (Å²) in [4.78, 5) is 0. The molecule has 2 aromatic rings. The Hall–Kier alpha value is -1.52. The van der Waals surface area contributed by atoms with E-state index in [1.807, 2.05) is 24.3 Å². The summed E-state index contributed by atoms with van der Waals surface area (Å²) in [6, 6.07) is 7.53. The summed E-state index contributed by atoms with van der Waals surface area (Å²) in [6.45, 7) is 1.76. The first kappa shape index (κ1) is 10.6. The van der Waals surface area contributed by atoms with Gasteiger partial charge in [0, 0.05) is 30.1 Å². The second-order valence-electron chi connectivity index (χ2n) is 4.13. The zero-order valence-corrected chi connectivity index (χ0v) is 10.0. The van der Waals surface area contributed by atoms with Gasteiger partial charge in [0.2, 0.25) is 0 Å². The molecule has 0 saturated carbocycles. The van der Waals surface area contributed by atoms with E-state index in [2.05, 4.69) is 10.4 Å². The summed E-state index contributed by atoms with van der Waals surface area (Å²) in [5.41, 5.74) is 9.28. The van der Waals surface area contributed by atoms with E-state index < -0.39 is 0 Å². The van der Waals surface area contributed by atoms with Crippen LogP contribution in [0.15, 0.2) is 24.3 Å². The minimum Gasteiger partial charge on any atom is -0.383 e. The fraction of sp³-hybridized carbons (Fsp3) is 0.250. The summed E-state index contributed by atoms with van der Waals surface area (Å²) in [5, 5.41) is 8.57. The van der Waals surface area contributed by atoms with Crippen LogP contribution in [0, 0.1) is 0 Å². The fourth-order valence-corrected chi connectivity index (χ4v) is 2.23. The Morgan fingerprint density at radius 2 is 2.06 bits per heavy atom. The second kappa shape index (κ2) is 4.05. The van der Waals surface area contributed by atoms with Crippen molar-refractivity contribution in [3.8, 4) is 5.69 Å². The largest absolute Gasteiger partial charge is 0.383 e. The van der Waals surface area contributed by atoms with Crippen LogP contribution in [0.5, 0.6) is 0 Å². The van der Waals surface area contributed by atoms with Crippen LogP contribution in [0.3, 0.4) is 0 Å². The number of anilines is 1. The van der Waals surface area contributed by atoms with Gasteiger partial charge in [-0.2, -0.15) is 5.10 Å². The second-order valence-corrected chi connectivity index (χ2v) is 4.56. The number of nitrogen functional groups attached to an aromatic ring is 1. The molecule has 0 bridgehead atoms. The molecule has 0 aliphatic carbocycles. The van der Waals surface area contributed by atoms with Crippen molar-refractivity contribution in [3.63, 3.8) is 0 Å². The molecule has 3 N–H and O–H groups in total. The van der Waals surface area contributed by atoms with Crippen LogP contribution < -0.4 is 11.1 Å². The van der Waals surface area contributed by atoms with Gasteiger partial charge in [-0.1, -0.05) is 11.6 Å². The average molecular weight is 249 g/mol. The standard InChI is InChI=1S/C12H13ClN4/c13-8-1-3-9(4-2-8)17-12(14)10-7-15-6-5-11(10)16-17/h1-4,15H,5-7,14H2. The monoisotopic (exact) mass is 248 g/mol. The Balaban J connectivity index is 2.09. The molecule has 17 heavy (non-hydrogen) atoms. The SMILES string of the molecule is Nc1c2c(nn1-c1ccc(Cl)cc1)CCNC2. The molecule has 0 saturated heterocycles. The maximum atomic E-state index is 6.12. The Morgan fingerprint density at radius 1 is 1.29 bits per heavy atom. The van der Waals surface area contributed by atoms with Gasteiger partial charge >= 0.3 is 0 Å². The van der Waals surface area contributed by atoms with E-state index in [0.29, 0.717) is 5.02 Å².